The number of halogens is 1. The third-order valence-electron chi connectivity index (χ3n) is 6.33. The van der Waals surface area contributed by atoms with E-state index in [0.717, 1.165) is 0 Å². The lowest BCUT2D eigenvalue weighted by Crippen LogP contribution is -2.59. The van der Waals surface area contributed by atoms with Crippen LogP contribution in [0.15, 0.2) is 48.5 Å². The molecule has 0 atom stereocenters. The molecule has 9 nitrogen and oxygen atoms in total. The fourth-order valence-corrected chi connectivity index (χ4v) is 4.47. The Morgan fingerprint density at radius 2 is 1.74 bits per heavy atom. The van der Waals surface area contributed by atoms with Crippen molar-refractivity contribution in [2.24, 2.45) is 0 Å². The summed E-state index contributed by atoms with van der Waals surface area (Å²) in [5.41, 5.74) is 1.45. The van der Waals surface area contributed by atoms with Gasteiger partial charge in [-0.25, -0.2) is 14.0 Å². The number of anilines is 1. The van der Waals surface area contributed by atoms with Gasteiger partial charge in [0, 0.05) is 44.5 Å². The number of likely N-dealkylation sites (tertiary alicyclic amines) is 1. The minimum atomic E-state index is -0.592. The molecule has 0 aliphatic carbocycles. The maximum absolute atomic E-state index is 13.4. The van der Waals surface area contributed by atoms with Gasteiger partial charge in [0.1, 0.15) is 5.82 Å². The predicted molar refractivity (Wildman–Crippen MR) is 125 cm³/mol. The number of hydrogen-bond acceptors (Lipinski definition) is 5. The first-order valence-electron chi connectivity index (χ1n) is 11.4. The molecular formula is C25H27FN4O5. The van der Waals surface area contributed by atoms with Crippen LogP contribution in [0.2, 0.25) is 0 Å². The van der Waals surface area contributed by atoms with Gasteiger partial charge in [-0.3, -0.25) is 9.59 Å². The fourth-order valence-electron chi connectivity index (χ4n) is 4.47. The van der Waals surface area contributed by atoms with E-state index in [-0.39, 0.29) is 24.4 Å². The van der Waals surface area contributed by atoms with Crippen molar-refractivity contribution >= 4 is 29.5 Å². The maximum Gasteiger partial charge on any atom is 0.337 e. The summed E-state index contributed by atoms with van der Waals surface area (Å²) in [7, 11) is 1.29. The van der Waals surface area contributed by atoms with E-state index in [2.05, 4.69) is 5.32 Å². The van der Waals surface area contributed by atoms with Gasteiger partial charge in [0.05, 0.1) is 12.7 Å². The zero-order valence-electron chi connectivity index (χ0n) is 19.4. The SMILES string of the molecule is COC(=O)c1cccc(NC(=O)N2CCC(N3CCN(Cc4cccc(F)c4)C(=O)C3=O)CC2)c1. The summed E-state index contributed by atoms with van der Waals surface area (Å²) in [6.45, 7) is 1.82. The molecule has 2 aliphatic rings. The Bertz CT molecular complexity index is 1130. The first-order chi connectivity index (χ1) is 16.9. The number of ether oxygens (including phenoxy) is 1. The zero-order chi connectivity index (χ0) is 24.9. The molecule has 4 rings (SSSR count). The number of rotatable bonds is 5. The molecule has 0 aromatic heterocycles. The van der Waals surface area contributed by atoms with Crippen molar-refractivity contribution in [3.63, 3.8) is 0 Å². The summed E-state index contributed by atoms with van der Waals surface area (Å²) < 4.78 is 18.1. The minimum absolute atomic E-state index is 0.130. The van der Waals surface area contributed by atoms with E-state index in [1.54, 1.807) is 46.2 Å². The molecule has 2 aromatic carbocycles. The number of amides is 4. The number of piperidine rings is 1. The molecule has 2 saturated heterocycles. The number of carbonyl (C=O) groups excluding carboxylic acids is 4. The highest BCUT2D eigenvalue weighted by molar-refractivity contribution is 6.35. The van der Waals surface area contributed by atoms with Gasteiger partial charge in [-0.05, 0) is 48.7 Å². The number of esters is 1. The molecule has 2 heterocycles. The first-order valence-corrected chi connectivity index (χ1v) is 11.4. The molecule has 0 spiro atoms. The highest BCUT2D eigenvalue weighted by Gasteiger charge is 2.38. The van der Waals surface area contributed by atoms with Crippen LogP contribution in [-0.4, -0.2) is 77.8 Å². The number of piperazine rings is 1. The average molecular weight is 483 g/mol. The molecule has 0 bridgehead atoms. The second-order valence-electron chi connectivity index (χ2n) is 8.58. The van der Waals surface area contributed by atoms with E-state index in [1.807, 2.05) is 0 Å². The summed E-state index contributed by atoms with van der Waals surface area (Å²) in [6.07, 6.45) is 1.11. The number of hydrogen-bond donors (Lipinski definition) is 1. The molecular weight excluding hydrogens is 455 g/mol. The van der Waals surface area contributed by atoms with E-state index < -0.39 is 17.8 Å². The topological polar surface area (TPSA) is 99.3 Å². The number of urea groups is 1. The first kappa shape index (κ1) is 24.2. The van der Waals surface area contributed by atoms with Crippen molar-refractivity contribution in [3.05, 3.63) is 65.5 Å². The van der Waals surface area contributed by atoms with Crippen LogP contribution in [0.1, 0.15) is 28.8 Å². The Morgan fingerprint density at radius 3 is 2.46 bits per heavy atom. The summed E-state index contributed by atoms with van der Waals surface area (Å²) in [4.78, 5) is 54.5. The van der Waals surface area contributed by atoms with E-state index in [1.165, 1.54) is 24.1 Å². The molecule has 184 valence electrons. The van der Waals surface area contributed by atoms with E-state index >= 15 is 0 Å². The largest absolute Gasteiger partial charge is 0.465 e. The molecule has 1 N–H and O–H groups in total. The minimum Gasteiger partial charge on any atom is -0.465 e. The van der Waals surface area contributed by atoms with Crippen LogP contribution in [0.3, 0.4) is 0 Å². The van der Waals surface area contributed by atoms with E-state index in [4.69, 9.17) is 4.74 Å². The van der Waals surface area contributed by atoms with Crippen molar-refractivity contribution in [2.45, 2.75) is 25.4 Å². The van der Waals surface area contributed by atoms with Crippen LogP contribution in [0, 0.1) is 5.82 Å². The molecule has 0 unspecified atom stereocenters. The van der Waals surface area contributed by atoms with Crippen LogP contribution in [-0.2, 0) is 20.9 Å². The van der Waals surface area contributed by atoms with Gasteiger partial charge in [0.15, 0.2) is 0 Å². The molecule has 0 radical (unpaired) electrons. The molecule has 35 heavy (non-hydrogen) atoms. The summed E-state index contributed by atoms with van der Waals surface area (Å²) in [6, 6.07) is 12.1. The van der Waals surface area contributed by atoms with Gasteiger partial charge in [-0.2, -0.15) is 0 Å². The van der Waals surface area contributed by atoms with E-state index in [0.29, 0.717) is 55.8 Å². The average Bonchev–Trinajstić information content (AvgIpc) is 2.87. The Balaban J connectivity index is 1.29. The molecule has 2 fully saturated rings. The van der Waals surface area contributed by atoms with Gasteiger partial charge >= 0.3 is 23.8 Å². The van der Waals surface area contributed by atoms with Crippen LogP contribution in [0.25, 0.3) is 0 Å². The van der Waals surface area contributed by atoms with Gasteiger partial charge in [0.25, 0.3) is 0 Å². The van der Waals surface area contributed by atoms with Crippen molar-refractivity contribution in [3.8, 4) is 0 Å². The smallest absolute Gasteiger partial charge is 0.337 e. The summed E-state index contributed by atoms with van der Waals surface area (Å²) in [5.74, 6) is -2.02. The lowest BCUT2D eigenvalue weighted by atomic mass is 10.0. The number of carbonyl (C=O) groups is 4. The second-order valence-corrected chi connectivity index (χ2v) is 8.58. The summed E-state index contributed by atoms with van der Waals surface area (Å²) in [5, 5.41) is 2.79. The Hall–Kier alpha value is -3.95. The highest BCUT2D eigenvalue weighted by Crippen LogP contribution is 2.22. The number of nitrogens with zero attached hydrogens (tertiary/aromatic N) is 3. The Labute approximate surface area is 202 Å². The van der Waals surface area contributed by atoms with Gasteiger partial charge in [-0.1, -0.05) is 18.2 Å². The summed E-state index contributed by atoms with van der Waals surface area (Å²) >= 11 is 0. The normalized spacial score (nSPS) is 16.9. The van der Waals surface area contributed by atoms with Crippen LogP contribution in [0.5, 0.6) is 0 Å². The molecule has 10 heteroatoms. The molecule has 0 saturated carbocycles. The lowest BCUT2D eigenvalue weighted by Gasteiger charge is -2.42. The van der Waals surface area contributed by atoms with Crippen molar-refractivity contribution < 1.29 is 28.3 Å². The monoisotopic (exact) mass is 482 g/mol. The number of methoxy groups -OCH3 is 1. The van der Waals surface area contributed by atoms with Crippen LogP contribution in [0.4, 0.5) is 14.9 Å². The van der Waals surface area contributed by atoms with Crippen molar-refractivity contribution in [2.75, 3.05) is 38.6 Å². The number of benzene rings is 2. The highest BCUT2D eigenvalue weighted by atomic mass is 19.1. The third kappa shape index (κ3) is 5.59. The van der Waals surface area contributed by atoms with Crippen LogP contribution >= 0.6 is 0 Å². The number of nitrogens with one attached hydrogen (secondary N) is 1. The third-order valence-corrected chi connectivity index (χ3v) is 6.33. The Morgan fingerprint density at radius 1 is 1.00 bits per heavy atom. The van der Waals surface area contributed by atoms with Crippen molar-refractivity contribution in [1.82, 2.24) is 14.7 Å². The maximum atomic E-state index is 13.4. The standard InChI is InChI=1S/C25H27FN4O5/c1-35-24(33)18-5-3-7-20(15-18)27-25(34)28-10-8-21(9-11-28)30-13-12-29(22(31)23(30)32)16-17-4-2-6-19(26)14-17/h2-7,14-15,21H,8-13,16H2,1H3,(H,27,34). The molecule has 2 aromatic rings. The molecule has 4 amide bonds. The fraction of sp³-hybridized carbons (Fsp3) is 0.360. The zero-order valence-corrected chi connectivity index (χ0v) is 19.4. The Kier molecular flexibility index (Phi) is 7.28. The second kappa shape index (κ2) is 10.5. The molecule has 2 aliphatic heterocycles. The van der Waals surface area contributed by atoms with E-state index in [9.17, 15) is 23.6 Å². The van der Waals surface area contributed by atoms with Gasteiger partial charge < -0.3 is 24.8 Å². The van der Waals surface area contributed by atoms with Gasteiger partial charge in [-0.15, -0.1) is 0 Å². The van der Waals surface area contributed by atoms with Crippen LogP contribution < -0.4 is 5.32 Å². The lowest BCUT2D eigenvalue weighted by molar-refractivity contribution is -0.158. The van der Waals surface area contributed by atoms with Gasteiger partial charge in [0.2, 0.25) is 0 Å². The van der Waals surface area contributed by atoms with Crippen molar-refractivity contribution in [1.29, 1.82) is 0 Å². The quantitative estimate of drug-likeness (QED) is 0.522. The predicted octanol–water partition coefficient (Wildman–Crippen LogP) is 2.48.